The van der Waals surface area contributed by atoms with Gasteiger partial charge in [-0.2, -0.15) is 0 Å². The first kappa shape index (κ1) is 19.2. The number of rotatable bonds is 6. The van der Waals surface area contributed by atoms with Crippen molar-refractivity contribution in [2.24, 2.45) is 0 Å². The van der Waals surface area contributed by atoms with E-state index in [-0.39, 0.29) is 28.2 Å². The maximum atomic E-state index is 12.5. The molecule has 1 atom stereocenters. The number of carbonyl (C=O) groups excluding carboxylic acids is 2. The lowest BCUT2D eigenvalue weighted by Gasteiger charge is -2.30. The molecule has 1 aliphatic rings. The molecule has 28 heavy (non-hydrogen) atoms. The van der Waals surface area contributed by atoms with Crippen molar-refractivity contribution in [3.8, 4) is 23.0 Å². The van der Waals surface area contributed by atoms with Crippen molar-refractivity contribution in [1.82, 2.24) is 0 Å². The van der Waals surface area contributed by atoms with Gasteiger partial charge in [0.25, 0.3) is 0 Å². The fourth-order valence-corrected chi connectivity index (χ4v) is 3.02. The molecule has 9 nitrogen and oxygen atoms in total. The molecule has 0 fully saturated rings. The van der Waals surface area contributed by atoms with Gasteiger partial charge in [-0.15, -0.1) is 0 Å². The fraction of sp³-hybridized carbons (Fsp3) is 0.263. The summed E-state index contributed by atoms with van der Waals surface area (Å²) in [6, 6.07) is 6.03. The maximum absolute atomic E-state index is 12.5. The molecular weight excluding hydrogens is 370 g/mol. The van der Waals surface area contributed by atoms with Gasteiger partial charge in [-0.3, -0.25) is 0 Å². The SMILES string of the molecule is COc1cc2c(cc1OC)C(=O)O[C@@H](c1ccc(OC)c(OC)c1C(=O)[O-])N2. The molecule has 148 valence electrons. The molecule has 0 saturated carbocycles. The summed E-state index contributed by atoms with van der Waals surface area (Å²) >= 11 is 0. The number of aromatic carboxylic acids is 1. The summed E-state index contributed by atoms with van der Waals surface area (Å²) < 4.78 is 26.1. The minimum Gasteiger partial charge on any atom is -0.545 e. The molecule has 0 aliphatic carbocycles. The lowest BCUT2D eigenvalue weighted by atomic mass is 10.0. The molecule has 0 bridgehead atoms. The monoisotopic (exact) mass is 388 g/mol. The number of fused-ring (bicyclic) bond motifs is 1. The smallest absolute Gasteiger partial charge is 0.342 e. The number of cyclic esters (lactones) is 1. The average molecular weight is 388 g/mol. The molecule has 3 rings (SSSR count). The Morgan fingerprint density at radius 2 is 1.64 bits per heavy atom. The van der Waals surface area contributed by atoms with Crippen LogP contribution in [0.4, 0.5) is 5.69 Å². The molecule has 2 aromatic carbocycles. The number of ether oxygens (including phenoxy) is 5. The molecule has 0 radical (unpaired) electrons. The lowest BCUT2D eigenvalue weighted by molar-refractivity contribution is -0.255. The van der Waals surface area contributed by atoms with E-state index in [0.29, 0.717) is 17.2 Å². The van der Waals surface area contributed by atoms with Gasteiger partial charge in [0.2, 0.25) is 6.23 Å². The van der Waals surface area contributed by atoms with Crippen LogP contribution < -0.4 is 29.4 Å². The molecule has 1 N–H and O–H groups in total. The number of carboxylic acid groups (broad SMARTS) is 1. The Balaban J connectivity index is 2.10. The van der Waals surface area contributed by atoms with E-state index in [1.807, 2.05) is 0 Å². The summed E-state index contributed by atoms with van der Waals surface area (Å²) in [6.45, 7) is 0. The molecule has 0 saturated heterocycles. The van der Waals surface area contributed by atoms with Crippen molar-refractivity contribution in [3.63, 3.8) is 0 Å². The van der Waals surface area contributed by atoms with E-state index < -0.39 is 18.2 Å². The lowest BCUT2D eigenvalue weighted by Crippen LogP contribution is -2.30. The standard InChI is InChI=1S/C19H19NO8/c1-24-12-6-5-9(15(18(21)22)16(12)27-4)17-20-11-8-14(26-3)13(25-2)7-10(11)19(23)28-17/h5-8,17,20H,1-4H3,(H,21,22)/p-1/t17-/m0/s1. The van der Waals surface area contributed by atoms with Crippen LogP contribution >= 0.6 is 0 Å². The van der Waals surface area contributed by atoms with Gasteiger partial charge in [0, 0.05) is 17.7 Å². The molecule has 9 heteroatoms. The minimum atomic E-state index is -1.50. The summed E-state index contributed by atoms with van der Waals surface area (Å²) in [7, 11) is 5.60. The summed E-state index contributed by atoms with van der Waals surface area (Å²) in [5.41, 5.74) is 0.491. The van der Waals surface area contributed by atoms with E-state index in [9.17, 15) is 14.7 Å². The Morgan fingerprint density at radius 3 is 2.21 bits per heavy atom. The van der Waals surface area contributed by atoms with Gasteiger partial charge in [0.15, 0.2) is 23.0 Å². The van der Waals surface area contributed by atoms with Crippen molar-refractivity contribution in [1.29, 1.82) is 0 Å². The Labute approximate surface area is 160 Å². The molecule has 0 aromatic heterocycles. The second kappa shape index (κ2) is 7.55. The number of carboxylic acids is 1. The summed E-state index contributed by atoms with van der Waals surface area (Å²) in [6.07, 6.45) is -1.09. The quantitative estimate of drug-likeness (QED) is 0.732. The predicted octanol–water partition coefficient (Wildman–Crippen LogP) is 1.37. The minimum absolute atomic E-state index is 0.0315. The van der Waals surface area contributed by atoms with Gasteiger partial charge in [0.05, 0.1) is 51.2 Å². The number of methoxy groups -OCH3 is 4. The average Bonchev–Trinajstić information content (AvgIpc) is 2.71. The van der Waals surface area contributed by atoms with Gasteiger partial charge in [-0.25, -0.2) is 4.79 Å². The van der Waals surface area contributed by atoms with Crippen molar-refractivity contribution in [2.75, 3.05) is 33.8 Å². The third-order valence-electron chi connectivity index (χ3n) is 4.32. The zero-order valence-electron chi connectivity index (χ0n) is 15.7. The van der Waals surface area contributed by atoms with E-state index in [1.165, 1.54) is 46.6 Å². The van der Waals surface area contributed by atoms with Gasteiger partial charge in [0.1, 0.15) is 0 Å². The van der Waals surface area contributed by atoms with Gasteiger partial charge >= 0.3 is 5.97 Å². The summed E-state index contributed by atoms with van der Waals surface area (Å²) in [5, 5.41) is 14.8. The molecule has 0 unspecified atom stereocenters. The van der Waals surface area contributed by atoms with Crippen LogP contribution in [0.25, 0.3) is 0 Å². The Kier molecular flexibility index (Phi) is 5.16. The maximum Gasteiger partial charge on any atom is 0.342 e. The van der Waals surface area contributed by atoms with Crippen molar-refractivity contribution < 1.29 is 38.4 Å². The first-order valence-electron chi connectivity index (χ1n) is 8.14. The highest BCUT2D eigenvalue weighted by atomic mass is 16.6. The summed E-state index contributed by atoms with van der Waals surface area (Å²) in [4.78, 5) is 24.3. The topological polar surface area (TPSA) is 115 Å². The second-order valence-corrected chi connectivity index (χ2v) is 5.74. The number of hydrogen-bond donors (Lipinski definition) is 1. The Morgan fingerprint density at radius 1 is 1.00 bits per heavy atom. The highest BCUT2D eigenvalue weighted by Gasteiger charge is 2.32. The zero-order chi connectivity index (χ0) is 20.4. The number of benzene rings is 2. The van der Waals surface area contributed by atoms with Gasteiger partial charge < -0.3 is 38.9 Å². The summed E-state index contributed by atoms with van der Waals surface area (Å²) in [5.74, 6) is -1.22. The third-order valence-corrected chi connectivity index (χ3v) is 4.32. The van der Waals surface area contributed by atoms with E-state index in [2.05, 4.69) is 5.32 Å². The van der Waals surface area contributed by atoms with Crippen molar-refractivity contribution >= 4 is 17.6 Å². The van der Waals surface area contributed by atoms with E-state index in [4.69, 9.17) is 23.7 Å². The van der Waals surface area contributed by atoms with E-state index in [0.717, 1.165) is 0 Å². The van der Waals surface area contributed by atoms with Gasteiger partial charge in [-0.1, -0.05) is 0 Å². The molecular formula is C19H18NO8-. The normalized spacial score (nSPS) is 15.0. The molecule has 1 aliphatic heterocycles. The first-order valence-corrected chi connectivity index (χ1v) is 8.14. The van der Waals surface area contributed by atoms with Crippen molar-refractivity contribution in [2.45, 2.75) is 6.23 Å². The molecule has 0 spiro atoms. The largest absolute Gasteiger partial charge is 0.545 e. The number of carbonyl (C=O) groups is 2. The van der Waals surface area contributed by atoms with Crippen molar-refractivity contribution in [3.05, 3.63) is 41.0 Å². The van der Waals surface area contributed by atoms with Crippen LogP contribution in [-0.4, -0.2) is 40.4 Å². The fourth-order valence-electron chi connectivity index (χ4n) is 3.02. The third kappa shape index (κ3) is 3.11. The zero-order valence-corrected chi connectivity index (χ0v) is 15.7. The highest BCUT2D eigenvalue weighted by molar-refractivity contribution is 5.99. The van der Waals surface area contributed by atoms with Crippen LogP contribution in [0.15, 0.2) is 24.3 Å². The number of anilines is 1. The molecule has 2 aromatic rings. The number of nitrogens with one attached hydrogen (secondary N) is 1. The molecule has 1 heterocycles. The predicted molar refractivity (Wildman–Crippen MR) is 95.2 cm³/mol. The van der Waals surface area contributed by atoms with Crippen LogP contribution in [0.5, 0.6) is 23.0 Å². The Bertz CT molecular complexity index is 940. The van der Waals surface area contributed by atoms with Gasteiger partial charge in [-0.05, 0) is 12.1 Å². The second-order valence-electron chi connectivity index (χ2n) is 5.74. The Hall–Kier alpha value is -3.62. The number of esters is 1. The van der Waals surface area contributed by atoms with Crippen LogP contribution in [-0.2, 0) is 4.74 Å². The van der Waals surface area contributed by atoms with E-state index >= 15 is 0 Å². The highest BCUT2D eigenvalue weighted by Crippen LogP contribution is 2.41. The van der Waals surface area contributed by atoms with Crippen LogP contribution in [0, 0.1) is 0 Å². The molecule has 0 amide bonds. The van der Waals surface area contributed by atoms with Crippen LogP contribution in [0.3, 0.4) is 0 Å². The number of hydrogen-bond acceptors (Lipinski definition) is 9. The van der Waals surface area contributed by atoms with Crippen LogP contribution in [0.2, 0.25) is 0 Å². The first-order chi connectivity index (χ1) is 13.4. The van der Waals surface area contributed by atoms with E-state index in [1.54, 1.807) is 6.07 Å². The van der Waals surface area contributed by atoms with Crippen LogP contribution in [0.1, 0.15) is 32.5 Å².